The Morgan fingerprint density at radius 1 is 1.33 bits per heavy atom. The van der Waals surface area contributed by atoms with Crippen molar-refractivity contribution in [1.82, 2.24) is 4.98 Å². The smallest absolute Gasteiger partial charge is 0.292 e. The topological polar surface area (TPSA) is 58.4 Å². The molecule has 2 aromatic heterocycles. The summed E-state index contributed by atoms with van der Waals surface area (Å²) in [6, 6.07) is 7.14. The first-order valence-electron chi connectivity index (χ1n) is 7.28. The van der Waals surface area contributed by atoms with Crippen LogP contribution in [-0.4, -0.2) is 24.0 Å². The Labute approximate surface area is 124 Å². The number of anilines is 2. The molecule has 21 heavy (non-hydrogen) atoms. The molecule has 1 amide bonds. The molecule has 1 N–H and O–H groups in total. The van der Waals surface area contributed by atoms with Crippen LogP contribution < -0.4 is 10.2 Å². The van der Waals surface area contributed by atoms with Gasteiger partial charge in [-0.3, -0.25) is 4.79 Å². The van der Waals surface area contributed by atoms with E-state index in [1.165, 1.54) is 19.1 Å². The summed E-state index contributed by atoms with van der Waals surface area (Å²) in [5.74, 6) is 1.34. The highest BCUT2D eigenvalue weighted by Crippen LogP contribution is 2.23. The lowest BCUT2D eigenvalue weighted by Crippen LogP contribution is -2.32. The van der Waals surface area contributed by atoms with E-state index in [1.54, 1.807) is 12.1 Å². The minimum atomic E-state index is -0.285. The first kappa shape index (κ1) is 13.7. The van der Waals surface area contributed by atoms with Crippen molar-refractivity contribution in [3.63, 3.8) is 0 Å². The summed E-state index contributed by atoms with van der Waals surface area (Å²) >= 11 is 0. The molecule has 0 atom stereocenters. The fraction of sp³-hybridized carbons (Fsp3) is 0.375. The molecule has 1 fully saturated rings. The second-order valence-electron chi connectivity index (χ2n) is 5.50. The van der Waals surface area contributed by atoms with Gasteiger partial charge in [-0.15, -0.1) is 0 Å². The van der Waals surface area contributed by atoms with Crippen LogP contribution in [0.4, 0.5) is 11.5 Å². The normalized spacial score (nSPS) is 16.0. The highest BCUT2D eigenvalue weighted by molar-refractivity contribution is 6.01. The Kier molecular flexibility index (Phi) is 3.90. The van der Waals surface area contributed by atoms with E-state index in [1.807, 2.05) is 18.3 Å². The van der Waals surface area contributed by atoms with Crippen LogP contribution in [0.5, 0.6) is 0 Å². The van der Waals surface area contributed by atoms with Crippen LogP contribution in [0.2, 0.25) is 0 Å². The molecule has 3 rings (SSSR count). The van der Waals surface area contributed by atoms with Gasteiger partial charge in [-0.05, 0) is 43.0 Å². The van der Waals surface area contributed by atoms with Gasteiger partial charge in [-0.25, -0.2) is 4.98 Å². The number of furan rings is 1. The Bertz CT molecular complexity index is 584. The number of hydrogen-bond acceptors (Lipinski definition) is 4. The number of aromatic nitrogens is 1. The highest BCUT2D eigenvalue weighted by Gasteiger charge is 2.16. The summed E-state index contributed by atoms with van der Waals surface area (Å²) in [6.45, 7) is 4.44. The number of rotatable bonds is 3. The summed E-state index contributed by atoms with van der Waals surface area (Å²) < 4.78 is 5.05. The van der Waals surface area contributed by atoms with Gasteiger partial charge < -0.3 is 14.6 Å². The van der Waals surface area contributed by atoms with Crippen molar-refractivity contribution in [1.29, 1.82) is 0 Å². The first-order chi connectivity index (χ1) is 10.2. The van der Waals surface area contributed by atoms with Gasteiger partial charge in [0.2, 0.25) is 0 Å². The van der Waals surface area contributed by atoms with Crippen LogP contribution in [0.15, 0.2) is 41.1 Å². The molecular weight excluding hydrogens is 266 g/mol. The first-order valence-corrected chi connectivity index (χ1v) is 7.28. The predicted molar refractivity (Wildman–Crippen MR) is 81.5 cm³/mol. The number of amides is 1. The van der Waals surface area contributed by atoms with Crippen LogP contribution >= 0.6 is 0 Å². The number of pyridine rings is 1. The maximum absolute atomic E-state index is 11.8. The Hall–Kier alpha value is -2.30. The van der Waals surface area contributed by atoms with Crippen molar-refractivity contribution in [2.24, 2.45) is 5.92 Å². The average Bonchev–Trinajstić information content (AvgIpc) is 3.03. The van der Waals surface area contributed by atoms with Gasteiger partial charge in [0.1, 0.15) is 5.82 Å². The molecule has 0 bridgehead atoms. The number of carbonyl (C=O) groups excluding carboxylic acids is 1. The molecule has 110 valence electrons. The quantitative estimate of drug-likeness (QED) is 0.941. The molecule has 0 radical (unpaired) electrons. The van der Waals surface area contributed by atoms with E-state index in [0.717, 1.165) is 24.7 Å². The Morgan fingerprint density at radius 3 is 2.76 bits per heavy atom. The maximum Gasteiger partial charge on any atom is 0.292 e. The molecule has 0 saturated carbocycles. The summed E-state index contributed by atoms with van der Waals surface area (Å²) in [5, 5.41) is 2.72. The summed E-state index contributed by atoms with van der Waals surface area (Å²) in [5.41, 5.74) is 1.11. The third-order valence-electron chi connectivity index (χ3n) is 3.88. The summed E-state index contributed by atoms with van der Waals surface area (Å²) in [6.07, 6.45) is 5.73. The molecule has 5 heteroatoms. The molecule has 2 aromatic rings. The number of hydrogen-bond donors (Lipinski definition) is 1. The second kappa shape index (κ2) is 5.99. The third-order valence-corrected chi connectivity index (χ3v) is 3.88. The molecule has 5 nitrogen and oxygen atoms in total. The predicted octanol–water partition coefficient (Wildman–Crippen LogP) is 3.16. The highest BCUT2D eigenvalue weighted by atomic mass is 16.3. The Balaban J connectivity index is 1.63. The minimum Gasteiger partial charge on any atom is -0.459 e. The average molecular weight is 285 g/mol. The van der Waals surface area contributed by atoms with Gasteiger partial charge in [-0.2, -0.15) is 0 Å². The lowest BCUT2D eigenvalue weighted by Gasteiger charge is -2.31. The number of nitrogens with zero attached hydrogens (tertiary/aromatic N) is 2. The summed E-state index contributed by atoms with van der Waals surface area (Å²) in [4.78, 5) is 18.5. The SMILES string of the molecule is CC1CCN(c2ccc(NC(=O)c3ccco3)nc2)CC1. The van der Waals surface area contributed by atoms with Crippen molar-refractivity contribution in [2.45, 2.75) is 19.8 Å². The third kappa shape index (κ3) is 3.24. The molecule has 3 heterocycles. The van der Waals surface area contributed by atoms with Crippen molar-refractivity contribution in [2.75, 3.05) is 23.3 Å². The van der Waals surface area contributed by atoms with E-state index in [0.29, 0.717) is 5.82 Å². The fourth-order valence-electron chi connectivity index (χ4n) is 2.50. The van der Waals surface area contributed by atoms with E-state index >= 15 is 0 Å². The van der Waals surface area contributed by atoms with Crippen molar-refractivity contribution in [3.8, 4) is 0 Å². The van der Waals surface area contributed by atoms with Crippen molar-refractivity contribution < 1.29 is 9.21 Å². The van der Waals surface area contributed by atoms with Gasteiger partial charge in [0, 0.05) is 13.1 Å². The van der Waals surface area contributed by atoms with Crippen LogP contribution in [0.25, 0.3) is 0 Å². The van der Waals surface area contributed by atoms with E-state index in [2.05, 4.69) is 22.1 Å². The maximum atomic E-state index is 11.8. The minimum absolute atomic E-state index is 0.283. The molecule has 0 unspecified atom stereocenters. The zero-order valence-electron chi connectivity index (χ0n) is 12.1. The molecule has 1 saturated heterocycles. The van der Waals surface area contributed by atoms with Gasteiger partial charge in [-0.1, -0.05) is 6.92 Å². The van der Waals surface area contributed by atoms with E-state index in [-0.39, 0.29) is 11.7 Å². The Morgan fingerprint density at radius 2 is 2.14 bits per heavy atom. The zero-order chi connectivity index (χ0) is 14.7. The molecule has 0 aliphatic carbocycles. The van der Waals surface area contributed by atoms with Gasteiger partial charge >= 0.3 is 0 Å². The van der Waals surface area contributed by atoms with Crippen LogP contribution in [0.1, 0.15) is 30.3 Å². The molecule has 0 spiro atoms. The van der Waals surface area contributed by atoms with Crippen LogP contribution in [-0.2, 0) is 0 Å². The lowest BCUT2D eigenvalue weighted by molar-refractivity contribution is 0.0996. The second-order valence-corrected chi connectivity index (χ2v) is 5.50. The number of nitrogens with one attached hydrogen (secondary N) is 1. The molecular formula is C16H19N3O2. The number of carbonyl (C=O) groups is 1. The van der Waals surface area contributed by atoms with Crippen LogP contribution in [0, 0.1) is 5.92 Å². The zero-order valence-corrected chi connectivity index (χ0v) is 12.1. The molecule has 1 aliphatic rings. The van der Waals surface area contributed by atoms with Crippen LogP contribution in [0.3, 0.4) is 0 Å². The van der Waals surface area contributed by atoms with Gasteiger partial charge in [0.15, 0.2) is 5.76 Å². The fourth-order valence-corrected chi connectivity index (χ4v) is 2.50. The summed E-state index contributed by atoms with van der Waals surface area (Å²) in [7, 11) is 0. The molecule has 0 aromatic carbocycles. The van der Waals surface area contributed by atoms with Gasteiger partial charge in [0.05, 0.1) is 18.1 Å². The lowest BCUT2D eigenvalue weighted by atomic mass is 9.99. The van der Waals surface area contributed by atoms with Crippen molar-refractivity contribution >= 4 is 17.4 Å². The standard InChI is InChI=1S/C16H19N3O2/c1-12-6-8-19(9-7-12)13-4-5-15(17-11-13)18-16(20)14-3-2-10-21-14/h2-5,10-12H,6-9H2,1H3,(H,17,18,20). The van der Waals surface area contributed by atoms with E-state index < -0.39 is 0 Å². The van der Waals surface area contributed by atoms with Gasteiger partial charge in [0.25, 0.3) is 5.91 Å². The largest absolute Gasteiger partial charge is 0.459 e. The van der Waals surface area contributed by atoms with E-state index in [9.17, 15) is 4.79 Å². The number of piperidine rings is 1. The van der Waals surface area contributed by atoms with Crippen molar-refractivity contribution in [3.05, 3.63) is 42.5 Å². The molecule has 1 aliphatic heterocycles. The van der Waals surface area contributed by atoms with E-state index in [4.69, 9.17) is 4.42 Å². The monoisotopic (exact) mass is 285 g/mol.